The van der Waals surface area contributed by atoms with E-state index < -0.39 is 5.60 Å². The van der Waals surface area contributed by atoms with Crippen LogP contribution in [-0.2, 0) is 9.47 Å². The quantitative estimate of drug-likeness (QED) is 0.707. The van der Waals surface area contributed by atoms with Crippen molar-refractivity contribution in [2.45, 2.75) is 51.9 Å². The van der Waals surface area contributed by atoms with Gasteiger partial charge in [-0.05, 0) is 34.1 Å². The minimum Gasteiger partial charge on any atom is -0.444 e. The van der Waals surface area contributed by atoms with Gasteiger partial charge in [-0.25, -0.2) is 4.79 Å². The predicted octanol–water partition coefficient (Wildman–Crippen LogP) is 1.69. The Morgan fingerprint density at radius 2 is 2.21 bits per heavy atom. The van der Waals surface area contributed by atoms with Crippen molar-refractivity contribution in [3.05, 3.63) is 0 Å². The normalized spacial score (nSPS) is 22.7. The Balaban J connectivity index is 2.18. The lowest BCUT2D eigenvalue weighted by atomic mass is 10.2. The first kappa shape index (κ1) is 11.3. The maximum absolute atomic E-state index is 11.3. The first-order chi connectivity index (χ1) is 6.37. The molecule has 1 aliphatic heterocycles. The molecular weight excluding hydrogens is 182 g/mol. The zero-order chi connectivity index (χ0) is 10.8. The largest absolute Gasteiger partial charge is 0.444 e. The molecule has 1 aliphatic rings. The predicted molar refractivity (Wildman–Crippen MR) is 53.2 cm³/mol. The second-order valence-electron chi connectivity index (χ2n) is 4.74. The third-order valence-electron chi connectivity index (χ3n) is 1.78. The van der Waals surface area contributed by atoms with Gasteiger partial charge in [0.25, 0.3) is 0 Å². The number of rotatable bonds is 3. The molecule has 1 saturated heterocycles. The van der Waals surface area contributed by atoms with E-state index in [9.17, 15) is 4.79 Å². The van der Waals surface area contributed by atoms with Crippen molar-refractivity contribution in [2.75, 3.05) is 6.61 Å². The number of amides is 1. The van der Waals surface area contributed by atoms with Crippen molar-refractivity contribution < 1.29 is 14.3 Å². The molecule has 82 valence electrons. The number of epoxide rings is 1. The molecule has 14 heavy (non-hydrogen) atoms. The van der Waals surface area contributed by atoms with Crippen molar-refractivity contribution in [1.29, 1.82) is 0 Å². The summed E-state index contributed by atoms with van der Waals surface area (Å²) in [5.41, 5.74) is -0.431. The molecular formula is C10H19NO3. The van der Waals surface area contributed by atoms with Crippen molar-refractivity contribution in [1.82, 2.24) is 5.32 Å². The molecule has 0 saturated carbocycles. The van der Waals surface area contributed by atoms with Crippen LogP contribution in [0.2, 0.25) is 0 Å². The van der Waals surface area contributed by atoms with E-state index in [0.717, 1.165) is 13.0 Å². The molecule has 0 spiro atoms. The first-order valence-electron chi connectivity index (χ1n) is 4.98. The van der Waals surface area contributed by atoms with Crippen LogP contribution in [0.25, 0.3) is 0 Å². The topological polar surface area (TPSA) is 50.9 Å². The van der Waals surface area contributed by atoms with Crippen LogP contribution in [0.15, 0.2) is 0 Å². The summed E-state index contributed by atoms with van der Waals surface area (Å²) in [6, 6.07) is 0.109. The van der Waals surface area contributed by atoms with E-state index >= 15 is 0 Å². The van der Waals surface area contributed by atoms with E-state index in [0.29, 0.717) is 6.10 Å². The van der Waals surface area contributed by atoms with Crippen LogP contribution in [-0.4, -0.2) is 30.4 Å². The number of hydrogen-bond donors (Lipinski definition) is 1. The molecule has 0 radical (unpaired) electrons. The number of alkyl carbamates (subject to hydrolysis) is 1. The van der Waals surface area contributed by atoms with Crippen LogP contribution < -0.4 is 5.32 Å². The van der Waals surface area contributed by atoms with Gasteiger partial charge >= 0.3 is 6.09 Å². The highest BCUT2D eigenvalue weighted by molar-refractivity contribution is 5.68. The number of carbonyl (C=O) groups excluding carboxylic acids is 1. The van der Waals surface area contributed by atoms with Crippen molar-refractivity contribution in [2.24, 2.45) is 0 Å². The lowest BCUT2D eigenvalue weighted by Gasteiger charge is -2.21. The lowest BCUT2D eigenvalue weighted by Crippen LogP contribution is -2.38. The average molecular weight is 201 g/mol. The average Bonchev–Trinajstić information content (AvgIpc) is 2.64. The van der Waals surface area contributed by atoms with Crippen molar-refractivity contribution in [3.63, 3.8) is 0 Å². The van der Waals surface area contributed by atoms with Crippen LogP contribution in [0, 0.1) is 0 Å². The molecule has 1 fully saturated rings. The molecule has 0 aromatic carbocycles. The van der Waals surface area contributed by atoms with E-state index in [4.69, 9.17) is 9.47 Å². The molecule has 2 atom stereocenters. The molecule has 0 aromatic heterocycles. The number of hydrogen-bond acceptors (Lipinski definition) is 3. The van der Waals surface area contributed by atoms with E-state index in [-0.39, 0.29) is 12.1 Å². The van der Waals surface area contributed by atoms with Gasteiger partial charge < -0.3 is 14.8 Å². The number of nitrogens with one attached hydrogen (secondary N) is 1. The third kappa shape index (κ3) is 5.07. The molecule has 4 heteroatoms. The summed E-state index contributed by atoms with van der Waals surface area (Å²) in [6.45, 7) is 8.32. The Kier molecular flexibility index (Phi) is 3.37. The van der Waals surface area contributed by atoms with E-state index in [1.165, 1.54) is 0 Å². The Bertz CT molecular complexity index is 206. The highest BCUT2D eigenvalue weighted by Gasteiger charge is 2.26. The summed E-state index contributed by atoms with van der Waals surface area (Å²) in [7, 11) is 0. The van der Waals surface area contributed by atoms with Crippen molar-refractivity contribution >= 4 is 6.09 Å². The molecule has 1 heterocycles. The van der Waals surface area contributed by atoms with Gasteiger partial charge in [0.2, 0.25) is 0 Å². The van der Waals surface area contributed by atoms with Gasteiger partial charge in [-0.15, -0.1) is 0 Å². The van der Waals surface area contributed by atoms with Crippen molar-refractivity contribution in [3.8, 4) is 0 Å². The molecule has 0 bridgehead atoms. The summed E-state index contributed by atoms with van der Waals surface area (Å²) in [5.74, 6) is 0. The first-order valence-corrected chi connectivity index (χ1v) is 4.98. The van der Waals surface area contributed by atoms with Gasteiger partial charge in [-0.1, -0.05) is 0 Å². The Labute approximate surface area is 85.0 Å². The fourth-order valence-electron chi connectivity index (χ4n) is 1.17. The Morgan fingerprint density at radius 3 is 2.64 bits per heavy atom. The smallest absolute Gasteiger partial charge is 0.407 e. The molecule has 1 amide bonds. The molecule has 0 aliphatic carbocycles. The monoisotopic (exact) mass is 201 g/mol. The van der Waals surface area contributed by atoms with Crippen LogP contribution in [0.5, 0.6) is 0 Å². The van der Waals surface area contributed by atoms with Crippen LogP contribution in [0.3, 0.4) is 0 Å². The molecule has 1 rings (SSSR count). The second-order valence-corrected chi connectivity index (χ2v) is 4.74. The maximum atomic E-state index is 11.3. The number of ether oxygens (including phenoxy) is 2. The highest BCUT2D eigenvalue weighted by atomic mass is 16.6. The number of carbonyl (C=O) groups is 1. The molecule has 0 aromatic rings. The fourth-order valence-corrected chi connectivity index (χ4v) is 1.17. The summed E-state index contributed by atoms with van der Waals surface area (Å²) in [4.78, 5) is 11.3. The summed E-state index contributed by atoms with van der Waals surface area (Å²) in [6.07, 6.45) is 0.838. The summed E-state index contributed by atoms with van der Waals surface area (Å²) in [5, 5.41) is 2.77. The maximum Gasteiger partial charge on any atom is 0.407 e. The lowest BCUT2D eigenvalue weighted by molar-refractivity contribution is 0.0505. The minimum atomic E-state index is -0.431. The molecule has 1 N–H and O–H groups in total. The van der Waals surface area contributed by atoms with E-state index in [1.54, 1.807) is 0 Å². The zero-order valence-corrected chi connectivity index (χ0v) is 9.29. The van der Waals surface area contributed by atoms with Gasteiger partial charge in [0.1, 0.15) is 5.60 Å². The van der Waals surface area contributed by atoms with Gasteiger partial charge in [0, 0.05) is 6.04 Å². The Morgan fingerprint density at radius 1 is 1.64 bits per heavy atom. The molecule has 2 unspecified atom stereocenters. The summed E-state index contributed by atoms with van der Waals surface area (Å²) < 4.78 is 10.2. The summed E-state index contributed by atoms with van der Waals surface area (Å²) >= 11 is 0. The highest BCUT2D eigenvalue weighted by Crippen LogP contribution is 2.15. The van der Waals surface area contributed by atoms with Crippen LogP contribution in [0.1, 0.15) is 34.1 Å². The third-order valence-corrected chi connectivity index (χ3v) is 1.78. The van der Waals surface area contributed by atoms with E-state index in [1.807, 2.05) is 27.7 Å². The fraction of sp³-hybridized carbons (Fsp3) is 0.900. The SMILES string of the molecule is CC(CC1CO1)NC(=O)OC(C)(C)C. The zero-order valence-electron chi connectivity index (χ0n) is 9.29. The second kappa shape index (κ2) is 4.17. The van der Waals surface area contributed by atoms with Gasteiger partial charge in [-0.3, -0.25) is 0 Å². The van der Waals surface area contributed by atoms with E-state index in [2.05, 4.69) is 5.32 Å². The van der Waals surface area contributed by atoms with Gasteiger partial charge in [-0.2, -0.15) is 0 Å². The standard InChI is InChI=1S/C10H19NO3/c1-7(5-8-6-13-8)11-9(12)14-10(2,3)4/h7-8H,5-6H2,1-4H3,(H,11,12). The molecule has 4 nitrogen and oxygen atoms in total. The Hall–Kier alpha value is -0.770. The van der Waals surface area contributed by atoms with Crippen LogP contribution in [0.4, 0.5) is 4.79 Å². The van der Waals surface area contributed by atoms with Gasteiger partial charge in [0.15, 0.2) is 0 Å². The van der Waals surface area contributed by atoms with Gasteiger partial charge in [0.05, 0.1) is 12.7 Å². The van der Waals surface area contributed by atoms with Crippen LogP contribution >= 0.6 is 0 Å². The minimum absolute atomic E-state index is 0.109.